The fraction of sp³-hybridized carbons (Fsp3) is 0.391. The quantitative estimate of drug-likeness (QED) is 0.503. The van der Waals surface area contributed by atoms with Crippen molar-refractivity contribution in [1.29, 1.82) is 0 Å². The van der Waals surface area contributed by atoms with Crippen molar-refractivity contribution in [3.63, 3.8) is 0 Å². The number of fused-ring (bicyclic) bond motifs is 1. The molecule has 0 aromatic heterocycles. The van der Waals surface area contributed by atoms with Crippen LogP contribution in [0.1, 0.15) is 0 Å². The van der Waals surface area contributed by atoms with Crippen LogP contribution in [0.5, 0.6) is 17.2 Å². The van der Waals surface area contributed by atoms with E-state index in [9.17, 15) is 4.79 Å². The van der Waals surface area contributed by atoms with Crippen LogP contribution >= 0.6 is 12.2 Å². The van der Waals surface area contributed by atoms with Crippen molar-refractivity contribution in [3.8, 4) is 17.2 Å². The first-order chi connectivity index (χ1) is 16.5. The zero-order chi connectivity index (χ0) is 24.1. The van der Waals surface area contributed by atoms with Crippen LogP contribution in [0.3, 0.4) is 0 Å². The number of carbonyl (C=O) groups excluding carboxylic acids is 1. The minimum absolute atomic E-state index is 0.198. The lowest BCUT2D eigenvalue weighted by molar-refractivity contribution is 0.00880. The summed E-state index contributed by atoms with van der Waals surface area (Å²) in [6.45, 7) is 0.593. The average molecular weight is 490 g/mol. The zero-order valence-corrected chi connectivity index (χ0v) is 19.8. The Morgan fingerprint density at radius 1 is 0.853 bits per heavy atom. The van der Waals surface area contributed by atoms with Gasteiger partial charge in [0.05, 0.1) is 40.6 Å². The maximum absolute atomic E-state index is 12.3. The van der Waals surface area contributed by atoms with E-state index in [-0.39, 0.29) is 24.9 Å². The molecule has 2 fully saturated rings. The fourth-order valence-electron chi connectivity index (χ4n) is 3.86. The van der Waals surface area contributed by atoms with Crippen molar-refractivity contribution in [2.75, 3.05) is 45.2 Å². The molecule has 0 bridgehead atoms. The number of rotatable bonds is 7. The Bertz CT molecular complexity index is 998. The number of amides is 1. The lowest BCUT2D eigenvalue weighted by Gasteiger charge is -2.20. The van der Waals surface area contributed by atoms with Crippen molar-refractivity contribution in [1.82, 2.24) is 5.32 Å². The van der Waals surface area contributed by atoms with Crippen LogP contribution in [-0.4, -0.2) is 70.1 Å². The summed E-state index contributed by atoms with van der Waals surface area (Å²) in [5.41, 5.74) is 1.31. The van der Waals surface area contributed by atoms with E-state index in [0.29, 0.717) is 40.3 Å². The van der Waals surface area contributed by atoms with Crippen molar-refractivity contribution in [2.45, 2.75) is 24.4 Å². The topological polar surface area (TPSA) is 109 Å². The van der Waals surface area contributed by atoms with E-state index in [1.807, 2.05) is 12.1 Å². The number of ether oxygens (including phenoxy) is 6. The van der Waals surface area contributed by atoms with E-state index in [1.54, 1.807) is 51.7 Å². The summed E-state index contributed by atoms with van der Waals surface area (Å²) in [5.74, 6) is 1.98. The predicted molar refractivity (Wildman–Crippen MR) is 129 cm³/mol. The van der Waals surface area contributed by atoms with Crippen LogP contribution in [0.25, 0.3) is 0 Å². The highest BCUT2D eigenvalue weighted by molar-refractivity contribution is 7.80. The summed E-state index contributed by atoms with van der Waals surface area (Å²) in [5, 5.41) is 9.43. The monoisotopic (exact) mass is 489 g/mol. The molecule has 4 rings (SSSR count). The van der Waals surface area contributed by atoms with Gasteiger partial charge in [-0.1, -0.05) is 0 Å². The molecule has 2 heterocycles. The minimum atomic E-state index is -0.580. The predicted octanol–water partition coefficient (Wildman–Crippen LogP) is 2.78. The minimum Gasteiger partial charge on any atom is -0.497 e. The Balaban J connectivity index is 1.28. The molecule has 0 radical (unpaired) electrons. The molecule has 0 aliphatic carbocycles. The Morgan fingerprint density at radius 3 is 2.15 bits per heavy atom. The van der Waals surface area contributed by atoms with Gasteiger partial charge in [-0.05, 0) is 36.5 Å². The van der Waals surface area contributed by atoms with E-state index in [0.717, 1.165) is 0 Å². The third-order valence-electron chi connectivity index (χ3n) is 5.53. The molecule has 2 aromatic rings. The fourth-order valence-corrected chi connectivity index (χ4v) is 4.13. The van der Waals surface area contributed by atoms with Crippen LogP contribution in [0, 0.1) is 0 Å². The molecule has 2 aliphatic rings. The highest BCUT2D eigenvalue weighted by Gasteiger charge is 2.49. The van der Waals surface area contributed by atoms with Crippen LogP contribution in [0.2, 0.25) is 0 Å². The molecule has 0 unspecified atom stereocenters. The summed E-state index contributed by atoms with van der Waals surface area (Å²) in [6, 6.07) is 12.1. The lowest BCUT2D eigenvalue weighted by Crippen LogP contribution is -2.46. The van der Waals surface area contributed by atoms with E-state index in [2.05, 4.69) is 16.0 Å². The van der Waals surface area contributed by atoms with Gasteiger partial charge < -0.3 is 39.1 Å². The molecule has 34 heavy (non-hydrogen) atoms. The smallest absolute Gasteiger partial charge is 0.412 e. The molecule has 1 amide bonds. The van der Waals surface area contributed by atoms with E-state index >= 15 is 0 Å². The second-order valence-corrected chi connectivity index (χ2v) is 8.11. The Morgan fingerprint density at radius 2 is 1.50 bits per heavy atom. The normalized spacial score (nSPS) is 22.9. The lowest BCUT2D eigenvalue weighted by atomic mass is 10.1. The summed E-state index contributed by atoms with van der Waals surface area (Å²) < 4.78 is 33.0. The van der Waals surface area contributed by atoms with Gasteiger partial charge in [-0.3, -0.25) is 5.32 Å². The molecule has 3 N–H and O–H groups in total. The Kier molecular flexibility index (Phi) is 7.56. The first kappa shape index (κ1) is 23.9. The number of hydrogen-bond donors (Lipinski definition) is 3. The van der Waals surface area contributed by atoms with Crippen molar-refractivity contribution >= 4 is 34.8 Å². The van der Waals surface area contributed by atoms with Crippen molar-refractivity contribution < 1.29 is 33.2 Å². The van der Waals surface area contributed by atoms with Gasteiger partial charge in [0.2, 0.25) is 0 Å². The van der Waals surface area contributed by atoms with Gasteiger partial charge >= 0.3 is 6.09 Å². The van der Waals surface area contributed by atoms with E-state index in [4.69, 9.17) is 40.6 Å². The maximum Gasteiger partial charge on any atom is 0.412 e. The summed E-state index contributed by atoms with van der Waals surface area (Å²) in [6.07, 6.45) is -1.81. The summed E-state index contributed by atoms with van der Waals surface area (Å²) in [7, 11) is 4.74. The first-order valence-corrected chi connectivity index (χ1v) is 11.1. The van der Waals surface area contributed by atoms with Crippen LogP contribution in [-0.2, 0) is 14.2 Å². The number of thiocarbonyl (C=S) groups is 1. The number of anilines is 2. The molecule has 0 spiro atoms. The summed E-state index contributed by atoms with van der Waals surface area (Å²) >= 11 is 5.46. The van der Waals surface area contributed by atoms with Crippen LogP contribution in [0.4, 0.5) is 16.2 Å². The highest BCUT2D eigenvalue weighted by Crippen LogP contribution is 2.30. The Hall–Kier alpha value is -3.28. The first-order valence-electron chi connectivity index (χ1n) is 10.6. The molecule has 10 nitrogen and oxygen atoms in total. The number of methoxy groups -OCH3 is 3. The number of carbonyl (C=O) groups is 1. The molecule has 11 heteroatoms. The molecule has 0 saturated carbocycles. The van der Waals surface area contributed by atoms with Gasteiger partial charge in [0.15, 0.2) is 11.2 Å². The average Bonchev–Trinajstić information content (AvgIpc) is 3.42. The molecular weight excluding hydrogens is 462 g/mol. The second-order valence-electron chi connectivity index (χ2n) is 7.70. The van der Waals surface area contributed by atoms with Gasteiger partial charge in [0, 0.05) is 29.6 Å². The third kappa shape index (κ3) is 5.61. The SMILES string of the molecule is COc1ccc(NC(=O)O[C@H]2CO[C@@H]3[C@@H]2OC[C@@H]3NC(=S)Nc2cc(OC)cc(OC)c2)cc1. The van der Waals surface area contributed by atoms with Crippen molar-refractivity contribution in [3.05, 3.63) is 42.5 Å². The molecule has 182 valence electrons. The van der Waals surface area contributed by atoms with Gasteiger partial charge in [-0.25, -0.2) is 4.79 Å². The maximum atomic E-state index is 12.3. The number of hydrogen-bond acceptors (Lipinski definition) is 8. The highest BCUT2D eigenvalue weighted by atomic mass is 32.1. The second kappa shape index (κ2) is 10.8. The molecule has 2 aliphatic heterocycles. The van der Waals surface area contributed by atoms with Crippen LogP contribution < -0.4 is 30.2 Å². The molecule has 4 atom stereocenters. The molecular formula is C23H27N3O7S. The number of benzene rings is 2. The largest absolute Gasteiger partial charge is 0.497 e. The van der Waals surface area contributed by atoms with Crippen LogP contribution in [0.15, 0.2) is 42.5 Å². The van der Waals surface area contributed by atoms with Gasteiger partial charge in [-0.2, -0.15) is 0 Å². The molecule has 2 aromatic carbocycles. The molecule has 2 saturated heterocycles. The van der Waals surface area contributed by atoms with Gasteiger partial charge in [0.1, 0.15) is 29.5 Å². The third-order valence-corrected chi connectivity index (χ3v) is 5.75. The van der Waals surface area contributed by atoms with E-state index in [1.165, 1.54) is 0 Å². The summed E-state index contributed by atoms with van der Waals surface area (Å²) in [4.78, 5) is 12.3. The van der Waals surface area contributed by atoms with Gasteiger partial charge in [-0.15, -0.1) is 0 Å². The van der Waals surface area contributed by atoms with Crippen molar-refractivity contribution in [2.24, 2.45) is 0 Å². The standard InChI is InChI=1S/C23H27N3O7S/c1-28-15-6-4-13(5-7-15)25-23(27)33-19-12-32-20-18(11-31-21(19)20)26-22(34)24-14-8-16(29-2)10-17(9-14)30-3/h4-10,18-21H,11-12H2,1-3H3,(H,25,27)(H2,24,26,34)/t18-,19-,20-,21+/m0/s1. The zero-order valence-electron chi connectivity index (χ0n) is 19.0. The van der Waals surface area contributed by atoms with E-state index < -0.39 is 12.2 Å². The number of nitrogens with one attached hydrogen (secondary N) is 3. The Labute approximate surface area is 202 Å². The van der Waals surface area contributed by atoms with Gasteiger partial charge in [0.25, 0.3) is 0 Å².